The van der Waals surface area contributed by atoms with E-state index in [1.807, 2.05) is 0 Å². The molecule has 0 atom stereocenters. The van der Waals surface area contributed by atoms with Gasteiger partial charge in [-0.05, 0) is 42.3 Å². The number of carbonyl (C=O) groups is 1. The number of hydrogen-bond acceptors (Lipinski definition) is 3. The molecule has 2 aromatic carbocycles. The first kappa shape index (κ1) is 23.2. The van der Waals surface area contributed by atoms with Crippen LogP contribution in [-0.2, 0) is 12.6 Å². The van der Waals surface area contributed by atoms with Gasteiger partial charge in [0.25, 0.3) is 11.5 Å². The van der Waals surface area contributed by atoms with Crippen LogP contribution < -0.4 is 15.6 Å². The van der Waals surface area contributed by atoms with E-state index in [4.69, 9.17) is 27.9 Å². The number of amides is 1. The number of benzene rings is 2. The molecule has 2 N–H and O–H groups in total. The standard InChI is InChI=1S/C23H17Cl2F3N2O3/c1-2-3-11-8-18(23(26,27)28)29-21(31)19(11)22(32)30-20-14-6-4-12(24)9-16(14)33-17-10-13(25)5-7-15(17)20/h4-10,20H,2-3H2,1H3,(H,29,31)(H,30,32). The van der Waals surface area contributed by atoms with Crippen molar-refractivity contribution in [1.82, 2.24) is 10.3 Å². The van der Waals surface area contributed by atoms with Crippen LogP contribution in [0.3, 0.4) is 0 Å². The lowest BCUT2D eigenvalue weighted by atomic mass is 9.93. The van der Waals surface area contributed by atoms with Crippen LogP contribution in [0.25, 0.3) is 0 Å². The molecule has 10 heteroatoms. The molecule has 0 unspecified atom stereocenters. The van der Waals surface area contributed by atoms with E-state index in [0.29, 0.717) is 39.1 Å². The molecule has 0 bridgehead atoms. The second-order valence-electron chi connectivity index (χ2n) is 7.53. The van der Waals surface area contributed by atoms with Gasteiger partial charge in [-0.15, -0.1) is 0 Å². The van der Waals surface area contributed by atoms with Crippen molar-refractivity contribution in [2.24, 2.45) is 0 Å². The summed E-state index contributed by atoms with van der Waals surface area (Å²) < 4.78 is 45.4. The first-order valence-electron chi connectivity index (χ1n) is 9.99. The fourth-order valence-corrected chi connectivity index (χ4v) is 4.12. The summed E-state index contributed by atoms with van der Waals surface area (Å²) >= 11 is 12.2. The van der Waals surface area contributed by atoms with Crippen LogP contribution >= 0.6 is 23.2 Å². The number of halogens is 5. The van der Waals surface area contributed by atoms with Crippen LogP contribution in [0, 0.1) is 0 Å². The van der Waals surface area contributed by atoms with Gasteiger partial charge >= 0.3 is 6.18 Å². The van der Waals surface area contributed by atoms with Gasteiger partial charge in [-0.1, -0.05) is 48.7 Å². The summed E-state index contributed by atoms with van der Waals surface area (Å²) in [6.07, 6.45) is -4.17. The monoisotopic (exact) mass is 496 g/mol. The number of nitrogens with one attached hydrogen (secondary N) is 2. The summed E-state index contributed by atoms with van der Waals surface area (Å²) in [4.78, 5) is 27.6. The van der Waals surface area contributed by atoms with Crippen LogP contribution in [0.15, 0.2) is 47.3 Å². The average molecular weight is 497 g/mol. The molecule has 0 radical (unpaired) electrons. The molecule has 1 amide bonds. The fourth-order valence-electron chi connectivity index (χ4n) is 3.80. The predicted octanol–water partition coefficient (Wildman–Crippen LogP) is 6.28. The normalized spacial score (nSPS) is 13.2. The molecule has 0 aliphatic carbocycles. The number of aromatic nitrogens is 1. The molecule has 0 fully saturated rings. The van der Waals surface area contributed by atoms with Crippen molar-refractivity contribution in [3.63, 3.8) is 0 Å². The molecule has 1 aromatic heterocycles. The molecule has 1 aliphatic rings. The van der Waals surface area contributed by atoms with Gasteiger partial charge in [-0.3, -0.25) is 9.59 Å². The van der Waals surface area contributed by atoms with Crippen LogP contribution in [-0.4, -0.2) is 10.9 Å². The Hall–Kier alpha value is -2.97. The quantitative estimate of drug-likeness (QED) is 0.446. The summed E-state index contributed by atoms with van der Waals surface area (Å²) in [7, 11) is 0. The molecule has 0 saturated carbocycles. The number of hydrogen-bond donors (Lipinski definition) is 2. The van der Waals surface area contributed by atoms with Gasteiger partial charge in [-0.25, -0.2) is 0 Å². The minimum atomic E-state index is -4.74. The van der Waals surface area contributed by atoms with Gasteiger partial charge in [0.15, 0.2) is 0 Å². The zero-order valence-electron chi connectivity index (χ0n) is 17.1. The Morgan fingerprint density at radius 1 is 1.06 bits per heavy atom. The lowest BCUT2D eigenvalue weighted by molar-refractivity contribution is -0.141. The summed E-state index contributed by atoms with van der Waals surface area (Å²) in [5.74, 6) is -0.0301. The number of rotatable bonds is 4. The molecule has 33 heavy (non-hydrogen) atoms. The Balaban J connectivity index is 1.79. The largest absolute Gasteiger partial charge is 0.456 e. The molecule has 172 valence electrons. The Morgan fingerprint density at radius 3 is 2.15 bits per heavy atom. The number of aryl methyl sites for hydroxylation is 1. The molecule has 2 heterocycles. The second-order valence-corrected chi connectivity index (χ2v) is 8.41. The number of H-pyrrole nitrogens is 1. The Kier molecular flexibility index (Phi) is 6.16. The first-order chi connectivity index (χ1) is 15.6. The summed E-state index contributed by atoms with van der Waals surface area (Å²) in [6.45, 7) is 1.74. The maximum Gasteiger partial charge on any atom is 0.431 e. The van der Waals surface area contributed by atoms with Gasteiger partial charge < -0.3 is 15.0 Å². The summed E-state index contributed by atoms with van der Waals surface area (Å²) in [6, 6.07) is 9.80. The molecule has 3 aromatic rings. The lowest BCUT2D eigenvalue weighted by Gasteiger charge is -2.29. The third-order valence-electron chi connectivity index (χ3n) is 5.24. The van der Waals surface area contributed by atoms with Crippen molar-refractivity contribution in [1.29, 1.82) is 0 Å². The minimum Gasteiger partial charge on any atom is -0.456 e. The summed E-state index contributed by atoms with van der Waals surface area (Å²) in [5.41, 5.74) is -1.50. The first-order valence-corrected chi connectivity index (χ1v) is 10.7. The van der Waals surface area contributed by atoms with E-state index in [1.54, 1.807) is 48.3 Å². The predicted molar refractivity (Wildman–Crippen MR) is 118 cm³/mol. The zero-order chi connectivity index (χ0) is 23.9. The second kappa shape index (κ2) is 8.76. The molecule has 4 rings (SSSR count). The maximum absolute atomic E-state index is 13.2. The molecule has 1 aliphatic heterocycles. The van der Waals surface area contributed by atoms with Crippen molar-refractivity contribution < 1.29 is 22.7 Å². The highest BCUT2D eigenvalue weighted by atomic mass is 35.5. The van der Waals surface area contributed by atoms with Crippen LogP contribution in [0.5, 0.6) is 11.5 Å². The average Bonchev–Trinajstić information content (AvgIpc) is 2.72. The molecule has 0 saturated heterocycles. The van der Waals surface area contributed by atoms with Crippen molar-refractivity contribution in [3.8, 4) is 11.5 Å². The van der Waals surface area contributed by atoms with E-state index in [2.05, 4.69) is 5.32 Å². The van der Waals surface area contributed by atoms with Gasteiger partial charge in [0.1, 0.15) is 22.8 Å². The molecule has 5 nitrogen and oxygen atoms in total. The van der Waals surface area contributed by atoms with Crippen molar-refractivity contribution in [3.05, 3.63) is 90.8 Å². The molecular formula is C23H17Cl2F3N2O3. The summed E-state index contributed by atoms with van der Waals surface area (Å²) in [5, 5.41) is 3.60. The highest BCUT2D eigenvalue weighted by Crippen LogP contribution is 2.44. The van der Waals surface area contributed by atoms with Crippen LogP contribution in [0.1, 0.15) is 52.1 Å². The van der Waals surface area contributed by atoms with E-state index in [9.17, 15) is 22.8 Å². The topological polar surface area (TPSA) is 71.2 Å². The van der Waals surface area contributed by atoms with Gasteiger partial charge in [-0.2, -0.15) is 13.2 Å². The highest BCUT2D eigenvalue weighted by Gasteiger charge is 2.35. The third-order valence-corrected chi connectivity index (χ3v) is 5.71. The number of aromatic amines is 1. The van der Waals surface area contributed by atoms with Crippen molar-refractivity contribution >= 4 is 29.1 Å². The third kappa shape index (κ3) is 4.58. The number of alkyl halides is 3. The SMILES string of the molecule is CCCc1cc(C(F)(F)F)[nH]c(=O)c1C(=O)NC1c2ccc(Cl)cc2Oc2cc(Cl)ccc21. The number of ether oxygens (including phenoxy) is 1. The Bertz CT molecular complexity index is 1250. The van der Waals surface area contributed by atoms with Gasteiger partial charge in [0, 0.05) is 21.2 Å². The number of fused-ring (bicyclic) bond motifs is 2. The van der Waals surface area contributed by atoms with Crippen LogP contribution in [0.2, 0.25) is 10.0 Å². The van der Waals surface area contributed by atoms with Crippen molar-refractivity contribution in [2.45, 2.75) is 32.0 Å². The van der Waals surface area contributed by atoms with E-state index in [-0.39, 0.29) is 17.5 Å². The lowest BCUT2D eigenvalue weighted by Crippen LogP contribution is -2.36. The number of pyridine rings is 1. The zero-order valence-corrected chi connectivity index (χ0v) is 18.7. The fraction of sp³-hybridized carbons (Fsp3) is 0.217. The minimum absolute atomic E-state index is 0.0193. The van der Waals surface area contributed by atoms with Crippen LogP contribution in [0.4, 0.5) is 13.2 Å². The Morgan fingerprint density at radius 2 is 1.64 bits per heavy atom. The van der Waals surface area contributed by atoms with E-state index < -0.39 is 29.4 Å². The smallest absolute Gasteiger partial charge is 0.431 e. The molecular weight excluding hydrogens is 480 g/mol. The van der Waals surface area contributed by atoms with E-state index >= 15 is 0 Å². The van der Waals surface area contributed by atoms with Crippen molar-refractivity contribution in [2.75, 3.05) is 0 Å². The van der Waals surface area contributed by atoms with Gasteiger partial charge in [0.05, 0.1) is 6.04 Å². The van der Waals surface area contributed by atoms with Gasteiger partial charge in [0.2, 0.25) is 0 Å². The van der Waals surface area contributed by atoms with E-state index in [0.717, 1.165) is 6.07 Å². The van der Waals surface area contributed by atoms with E-state index in [1.165, 1.54) is 0 Å². The number of carbonyl (C=O) groups excluding carboxylic acids is 1. The highest BCUT2D eigenvalue weighted by molar-refractivity contribution is 6.31. The Labute approximate surface area is 196 Å². The molecule has 0 spiro atoms. The maximum atomic E-state index is 13.2.